The summed E-state index contributed by atoms with van der Waals surface area (Å²) in [7, 11) is 3.25. The summed E-state index contributed by atoms with van der Waals surface area (Å²) in [6.07, 6.45) is 0. The van der Waals surface area contributed by atoms with Crippen molar-refractivity contribution in [2.24, 2.45) is 0 Å². The maximum absolute atomic E-state index is 9.42. The average Bonchev–Trinajstić information content (AvgIpc) is 2.17. The number of benzene rings is 1. The van der Waals surface area contributed by atoms with Crippen LogP contribution in [0.15, 0.2) is 18.2 Å². The molecule has 0 aliphatic heterocycles. The molecule has 4 nitrogen and oxygen atoms in total. The van der Waals surface area contributed by atoms with Crippen LogP contribution >= 0.6 is 0 Å². The van der Waals surface area contributed by atoms with E-state index in [0.29, 0.717) is 16.3 Å². The van der Waals surface area contributed by atoms with Gasteiger partial charge < -0.3 is 5.11 Å². The number of hydrogen-bond acceptors (Lipinski definition) is 3. The van der Waals surface area contributed by atoms with E-state index in [9.17, 15) is 5.11 Å². The number of phenols is 1. The Hall–Kier alpha value is -1.57. The number of quaternary nitrogens is 1. The zero-order valence-electron chi connectivity index (χ0n) is 7.53. The molecule has 68 valence electrons. The van der Waals surface area contributed by atoms with Crippen LogP contribution in [0.5, 0.6) is 5.75 Å². The number of hydrogen-bond donors (Lipinski definition) is 2. The van der Waals surface area contributed by atoms with E-state index in [4.69, 9.17) is 10.1 Å². The van der Waals surface area contributed by atoms with Gasteiger partial charge >= 0.3 is 0 Å². The first-order valence-electron chi connectivity index (χ1n) is 3.80. The third kappa shape index (κ3) is 1.96. The Labute approximate surface area is 76.5 Å². The SMILES string of the molecule is CO[NH+](C)c1cc(C#N)ccc1O. The molecular weight excluding hydrogens is 168 g/mol. The van der Waals surface area contributed by atoms with E-state index in [1.54, 1.807) is 19.2 Å². The molecule has 0 saturated heterocycles. The number of nitriles is 1. The minimum Gasteiger partial charge on any atom is -0.503 e. The largest absolute Gasteiger partial charge is 0.503 e. The van der Waals surface area contributed by atoms with E-state index in [1.165, 1.54) is 13.2 Å². The summed E-state index contributed by atoms with van der Waals surface area (Å²) in [6.45, 7) is 0. The third-order valence-corrected chi connectivity index (χ3v) is 1.81. The maximum Gasteiger partial charge on any atom is 0.206 e. The predicted octanol–water partition coefficient (Wildman–Crippen LogP) is -0.0285. The van der Waals surface area contributed by atoms with Crippen LogP contribution in [0.4, 0.5) is 5.69 Å². The van der Waals surface area contributed by atoms with Crippen LogP contribution in [0.1, 0.15) is 5.56 Å². The fourth-order valence-corrected chi connectivity index (χ4v) is 0.998. The van der Waals surface area contributed by atoms with E-state index in [2.05, 4.69) is 0 Å². The normalized spacial score (nSPS) is 12.1. The molecule has 0 radical (unpaired) electrons. The Morgan fingerprint density at radius 2 is 2.23 bits per heavy atom. The molecule has 1 rings (SSSR count). The highest BCUT2D eigenvalue weighted by atomic mass is 16.7. The lowest BCUT2D eigenvalue weighted by molar-refractivity contribution is -1.02. The van der Waals surface area contributed by atoms with Crippen LogP contribution in [0.2, 0.25) is 0 Å². The first-order valence-corrected chi connectivity index (χ1v) is 3.80. The Bertz CT molecular complexity index is 344. The summed E-state index contributed by atoms with van der Waals surface area (Å²) < 4.78 is 0. The van der Waals surface area contributed by atoms with Gasteiger partial charge in [-0.1, -0.05) is 0 Å². The van der Waals surface area contributed by atoms with E-state index in [1.807, 2.05) is 6.07 Å². The highest BCUT2D eigenvalue weighted by molar-refractivity contribution is 5.50. The van der Waals surface area contributed by atoms with Gasteiger partial charge in [-0.05, 0) is 12.1 Å². The molecule has 0 spiro atoms. The monoisotopic (exact) mass is 179 g/mol. The molecular formula is C9H11N2O2+. The standard InChI is InChI=1S/C9H10N2O2/c1-11(13-2)8-5-7(6-10)3-4-9(8)12/h3-5,12H,1-2H3/p+1. The lowest BCUT2D eigenvalue weighted by atomic mass is 10.2. The summed E-state index contributed by atoms with van der Waals surface area (Å²) in [5.41, 5.74) is 1.06. The van der Waals surface area contributed by atoms with Gasteiger partial charge in [0.25, 0.3) is 0 Å². The predicted molar refractivity (Wildman–Crippen MR) is 46.4 cm³/mol. The number of aromatic hydroxyl groups is 1. The molecule has 0 aliphatic carbocycles. The molecule has 0 fully saturated rings. The minimum absolute atomic E-state index is 0.123. The lowest BCUT2D eigenvalue weighted by Gasteiger charge is -2.09. The molecule has 1 unspecified atom stereocenters. The van der Waals surface area contributed by atoms with Gasteiger partial charge in [0.15, 0.2) is 5.75 Å². The molecule has 13 heavy (non-hydrogen) atoms. The fourth-order valence-electron chi connectivity index (χ4n) is 0.998. The van der Waals surface area contributed by atoms with Gasteiger partial charge in [-0.2, -0.15) is 10.3 Å². The third-order valence-electron chi connectivity index (χ3n) is 1.81. The zero-order valence-corrected chi connectivity index (χ0v) is 7.53. The van der Waals surface area contributed by atoms with Gasteiger partial charge in [0, 0.05) is 6.07 Å². The van der Waals surface area contributed by atoms with Crippen LogP contribution in [0.25, 0.3) is 0 Å². The zero-order chi connectivity index (χ0) is 9.84. The van der Waals surface area contributed by atoms with Crippen LogP contribution in [0.3, 0.4) is 0 Å². The fraction of sp³-hybridized carbons (Fsp3) is 0.222. The van der Waals surface area contributed by atoms with Crippen molar-refractivity contribution < 1.29 is 15.0 Å². The minimum atomic E-state index is 0.123. The number of nitrogens with one attached hydrogen (secondary N) is 1. The van der Waals surface area contributed by atoms with Gasteiger partial charge in [0.05, 0.1) is 18.7 Å². The van der Waals surface area contributed by atoms with Crippen molar-refractivity contribution in [1.82, 2.24) is 0 Å². The highest BCUT2D eigenvalue weighted by Crippen LogP contribution is 2.19. The van der Waals surface area contributed by atoms with Crippen molar-refractivity contribution >= 4 is 5.69 Å². The van der Waals surface area contributed by atoms with Crippen LogP contribution < -0.4 is 5.06 Å². The van der Waals surface area contributed by atoms with Crippen molar-refractivity contribution in [2.45, 2.75) is 0 Å². The maximum atomic E-state index is 9.42. The van der Waals surface area contributed by atoms with Crippen molar-refractivity contribution in [3.8, 4) is 11.8 Å². The van der Waals surface area contributed by atoms with Gasteiger partial charge in [-0.3, -0.25) is 0 Å². The van der Waals surface area contributed by atoms with Gasteiger partial charge in [0.2, 0.25) is 5.69 Å². The average molecular weight is 179 g/mol. The molecule has 2 N–H and O–H groups in total. The molecule has 4 heteroatoms. The molecule has 0 heterocycles. The summed E-state index contributed by atoms with van der Waals surface area (Å²) in [5.74, 6) is 0.123. The molecule has 0 saturated carbocycles. The Kier molecular flexibility index (Phi) is 2.85. The van der Waals surface area contributed by atoms with Crippen molar-refractivity contribution in [3.63, 3.8) is 0 Å². The molecule has 0 bridgehead atoms. The van der Waals surface area contributed by atoms with Gasteiger partial charge in [-0.15, -0.1) is 0 Å². The highest BCUT2D eigenvalue weighted by Gasteiger charge is 2.12. The summed E-state index contributed by atoms with van der Waals surface area (Å²) in [5, 5.41) is 18.6. The Balaban J connectivity index is 3.12. The van der Waals surface area contributed by atoms with Gasteiger partial charge in [0.1, 0.15) is 7.05 Å². The number of hydroxylamine groups is 1. The quantitative estimate of drug-likeness (QED) is 0.495. The molecule has 0 amide bonds. The number of phenolic OH excluding ortho intramolecular Hbond substituents is 1. The summed E-state index contributed by atoms with van der Waals surface area (Å²) in [6, 6.07) is 6.62. The second-order valence-electron chi connectivity index (χ2n) is 2.60. The summed E-state index contributed by atoms with van der Waals surface area (Å²) >= 11 is 0. The van der Waals surface area contributed by atoms with Crippen molar-refractivity contribution in [2.75, 3.05) is 14.2 Å². The molecule has 0 aliphatic rings. The Morgan fingerprint density at radius 3 is 2.77 bits per heavy atom. The second-order valence-corrected chi connectivity index (χ2v) is 2.60. The number of nitrogens with zero attached hydrogens (tertiary/aromatic N) is 1. The first kappa shape index (κ1) is 9.52. The molecule has 1 aromatic rings. The van der Waals surface area contributed by atoms with Crippen molar-refractivity contribution in [1.29, 1.82) is 5.26 Å². The van der Waals surface area contributed by atoms with Crippen LogP contribution in [-0.2, 0) is 4.84 Å². The molecule has 0 aromatic heterocycles. The van der Waals surface area contributed by atoms with E-state index in [0.717, 1.165) is 0 Å². The van der Waals surface area contributed by atoms with Crippen LogP contribution in [-0.4, -0.2) is 19.3 Å². The van der Waals surface area contributed by atoms with E-state index in [-0.39, 0.29) is 5.75 Å². The van der Waals surface area contributed by atoms with E-state index >= 15 is 0 Å². The van der Waals surface area contributed by atoms with Crippen LogP contribution in [0, 0.1) is 11.3 Å². The molecule has 1 atom stereocenters. The number of rotatable bonds is 2. The first-order chi connectivity index (χ1) is 6.19. The topological polar surface area (TPSA) is 57.7 Å². The van der Waals surface area contributed by atoms with E-state index < -0.39 is 0 Å². The van der Waals surface area contributed by atoms with Gasteiger partial charge in [-0.25, -0.2) is 4.84 Å². The smallest absolute Gasteiger partial charge is 0.206 e. The Morgan fingerprint density at radius 1 is 1.54 bits per heavy atom. The second kappa shape index (κ2) is 3.90. The van der Waals surface area contributed by atoms with Crippen molar-refractivity contribution in [3.05, 3.63) is 23.8 Å². The summed E-state index contributed by atoms with van der Waals surface area (Å²) in [4.78, 5) is 4.96. The molecule has 1 aromatic carbocycles. The lowest BCUT2D eigenvalue weighted by Crippen LogP contribution is -3.02.